The van der Waals surface area contributed by atoms with Crippen LogP contribution in [0.5, 0.6) is 0 Å². The zero-order valence-electron chi connectivity index (χ0n) is 18.0. The molecule has 0 heterocycles. The number of hydrogen-bond donors (Lipinski definition) is 2. The molecule has 1 aromatic rings. The van der Waals surface area contributed by atoms with Gasteiger partial charge in [0.2, 0.25) is 0 Å². The highest BCUT2D eigenvalue weighted by atomic mass is 15.2. The zero-order valence-corrected chi connectivity index (χ0v) is 18.0. The molecule has 4 nitrogen and oxygen atoms in total. The van der Waals surface area contributed by atoms with Gasteiger partial charge in [-0.2, -0.15) is 0 Å². The average molecular weight is 361 g/mol. The number of likely N-dealkylation sites (N-methyl/N-ethyl adjacent to an activating group) is 1. The molecule has 0 aliphatic heterocycles. The third-order valence-electron chi connectivity index (χ3n) is 4.33. The number of nitrogens with one attached hydrogen (secondary N) is 2. The molecule has 0 unspecified atom stereocenters. The Balaban J connectivity index is 3.32. The highest BCUT2D eigenvalue weighted by Gasteiger charge is 2.17. The minimum Gasteiger partial charge on any atom is -0.393 e. The van der Waals surface area contributed by atoms with E-state index in [4.69, 9.17) is 0 Å². The molecule has 0 bridgehead atoms. The first-order valence-electron chi connectivity index (χ1n) is 10.1. The van der Waals surface area contributed by atoms with Crippen LogP contribution in [0, 0.1) is 11.8 Å². The smallest absolute Gasteiger partial charge is 0.0459 e. The van der Waals surface area contributed by atoms with Gasteiger partial charge in [-0.05, 0) is 43.0 Å². The van der Waals surface area contributed by atoms with Gasteiger partial charge in [0.1, 0.15) is 0 Å². The van der Waals surface area contributed by atoms with E-state index in [0.717, 1.165) is 32.6 Å². The summed E-state index contributed by atoms with van der Waals surface area (Å²) in [5, 5.41) is 6.43. The third kappa shape index (κ3) is 6.91. The molecule has 0 aromatic heterocycles. The molecule has 2 N–H and O–H groups in total. The van der Waals surface area contributed by atoms with Crippen molar-refractivity contribution in [1.82, 2.24) is 10.6 Å². The lowest BCUT2D eigenvalue weighted by Gasteiger charge is -2.32. The molecule has 0 fully saturated rings. The van der Waals surface area contributed by atoms with E-state index < -0.39 is 0 Å². The molecular formula is C22H40N4. The molecule has 0 saturated heterocycles. The Labute approximate surface area is 161 Å². The van der Waals surface area contributed by atoms with Crippen LogP contribution in [-0.4, -0.2) is 40.3 Å². The van der Waals surface area contributed by atoms with Crippen LogP contribution in [0.15, 0.2) is 30.6 Å². The van der Waals surface area contributed by atoms with Crippen molar-refractivity contribution in [2.24, 2.45) is 11.8 Å². The van der Waals surface area contributed by atoms with Gasteiger partial charge >= 0.3 is 0 Å². The van der Waals surface area contributed by atoms with Crippen LogP contribution < -0.4 is 20.4 Å². The van der Waals surface area contributed by atoms with E-state index in [2.05, 4.69) is 79.5 Å². The third-order valence-corrected chi connectivity index (χ3v) is 4.33. The second-order valence-corrected chi connectivity index (χ2v) is 7.72. The minimum absolute atomic E-state index is 0.598. The quantitative estimate of drug-likeness (QED) is 0.588. The SMILES string of the molecule is CCc1c(N(/C=C\NC)CC(C)C)cccc1N(CCNC)CC(C)C. The largest absolute Gasteiger partial charge is 0.393 e. The summed E-state index contributed by atoms with van der Waals surface area (Å²) in [6.07, 6.45) is 5.21. The van der Waals surface area contributed by atoms with E-state index in [1.165, 1.54) is 16.9 Å². The Morgan fingerprint density at radius 1 is 1.00 bits per heavy atom. The fourth-order valence-corrected chi connectivity index (χ4v) is 3.29. The standard InChI is InChI=1S/C22H40N4/c1-8-20-21(25(14-12-23-6)16-18(2)3)10-9-11-22(20)26(15-13-24-7)17-19(4)5/h9-12,14,18-19,23-24H,8,13,15-17H2,1-7H3/b14-12-. The first-order valence-corrected chi connectivity index (χ1v) is 10.1. The molecule has 26 heavy (non-hydrogen) atoms. The van der Waals surface area contributed by atoms with E-state index in [1.54, 1.807) is 0 Å². The Morgan fingerprint density at radius 2 is 1.65 bits per heavy atom. The van der Waals surface area contributed by atoms with Crippen molar-refractivity contribution in [3.63, 3.8) is 0 Å². The van der Waals surface area contributed by atoms with Gasteiger partial charge in [-0.15, -0.1) is 0 Å². The van der Waals surface area contributed by atoms with Gasteiger partial charge in [-0.1, -0.05) is 40.7 Å². The summed E-state index contributed by atoms with van der Waals surface area (Å²) in [7, 11) is 3.97. The number of hydrogen-bond acceptors (Lipinski definition) is 4. The number of rotatable bonds is 12. The number of benzene rings is 1. The Bertz CT molecular complexity index is 537. The molecule has 1 aromatic carbocycles. The van der Waals surface area contributed by atoms with Crippen LogP contribution in [0.1, 0.15) is 40.2 Å². The molecule has 0 saturated carbocycles. The van der Waals surface area contributed by atoms with Crippen molar-refractivity contribution in [2.75, 3.05) is 50.1 Å². The highest BCUT2D eigenvalue weighted by molar-refractivity contribution is 5.69. The number of anilines is 2. The fourth-order valence-electron chi connectivity index (χ4n) is 3.29. The van der Waals surface area contributed by atoms with Crippen LogP contribution in [0.2, 0.25) is 0 Å². The fraction of sp³-hybridized carbons (Fsp3) is 0.636. The first-order chi connectivity index (χ1) is 12.4. The maximum atomic E-state index is 3.30. The lowest BCUT2D eigenvalue weighted by Crippen LogP contribution is -2.34. The van der Waals surface area contributed by atoms with Crippen LogP contribution in [0.25, 0.3) is 0 Å². The van der Waals surface area contributed by atoms with Gasteiger partial charge in [0.05, 0.1) is 0 Å². The molecule has 0 radical (unpaired) electrons. The average Bonchev–Trinajstić information content (AvgIpc) is 2.60. The molecule has 0 amide bonds. The molecule has 0 atom stereocenters. The molecular weight excluding hydrogens is 320 g/mol. The Hall–Kier alpha value is -1.68. The van der Waals surface area contributed by atoms with E-state index in [1.807, 2.05) is 20.3 Å². The topological polar surface area (TPSA) is 30.5 Å². The van der Waals surface area contributed by atoms with Crippen LogP contribution in [0.3, 0.4) is 0 Å². The second kappa shape index (κ2) is 11.8. The summed E-state index contributed by atoms with van der Waals surface area (Å²) in [5.41, 5.74) is 4.13. The van der Waals surface area contributed by atoms with Crippen LogP contribution in [0.4, 0.5) is 11.4 Å². The monoisotopic (exact) mass is 360 g/mol. The van der Waals surface area contributed by atoms with Crippen molar-refractivity contribution in [2.45, 2.75) is 41.0 Å². The van der Waals surface area contributed by atoms with Crippen molar-refractivity contribution in [3.05, 3.63) is 36.2 Å². The lowest BCUT2D eigenvalue weighted by molar-refractivity contribution is 0.599. The van der Waals surface area contributed by atoms with Crippen LogP contribution >= 0.6 is 0 Å². The van der Waals surface area contributed by atoms with E-state index >= 15 is 0 Å². The van der Waals surface area contributed by atoms with Gasteiger partial charge in [0.15, 0.2) is 0 Å². The Morgan fingerprint density at radius 3 is 2.19 bits per heavy atom. The number of nitrogens with zero attached hydrogens (tertiary/aromatic N) is 2. The molecule has 148 valence electrons. The van der Waals surface area contributed by atoms with E-state index in [9.17, 15) is 0 Å². The summed E-state index contributed by atoms with van der Waals surface area (Å²) in [6.45, 7) is 15.5. The van der Waals surface area contributed by atoms with Crippen molar-refractivity contribution in [1.29, 1.82) is 0 Å². The van der Waals surface area contributed by atoms with Gasteiger partial charge in [0, 0.05) is 57.0 Å². The van der Waals surface area contributed by atoms with Crippen molar-refractivity contribution >= 4 is 11.4 Å². The van der Waals surface area contributed by atoms with Crippen molar-refractivity contribution in [3.8, 4) is 0 Å². The van der Waals surface area contributed by atoms with Crippen molar-refractivity contribution < 1.29 is 0 Å². The predicted molar refractivity (Wildman–Crippen MR) is 117 cm³/mol. The van der Waals surface area contributed by atoms with Gasteiger partial charge in [0.25, 0.3) is 0 Å². The summed E-state index contributed by atoms with van der Waals surface area (Å²) in [5.74, 6) is 1.23. The second-order valence-electron chi connectivity index (χ2n) is 7.72. The predicted octanol–water partition coefficient (Wildman–Crippen LogP) is 4.08. The molecule has 4 heteroatoms. The minimum atomic E-state index is 0.598. The maximum Gasteiger partial charge on any atom is 0.0459 e. The summed E-state index contributed by atoms with van der Waals surface area (Å²) in [4.78, 5) is 4.92. The summed E-state index contributed by atoms with van der Waals surface area (Å²) < 4.78 is 0. The van der Waals surface area contributed by atoms with E-state index in [-0.39, 0.29) is 0 Å². The van der Waals surface area contributed by atoms with Crippen LogP contribution in [-0.2, 0) is 6.42 Å². The maximum absolute atomic E-state index is 3.30. The Kier molecular flexibility index (Phi) is 10.2. The summed E-state index contributed by atoms with van der Waals surface area (Å²) >= 11 is 0. The summed E-state index contributed by atoms with van der Waals surface area (Å²) in [6, 6.07) is 6.75. The molecule has 0 aliphatic rings. The van der Waals surface area contributed by atoms with Gasteiger partial charge < -0.3 is 20.4 Å². The zero-order chi connectivity index (χ0) is 19.5. The first kappa shape index (κ1) is 22.4. The van der Waals surface area contributed by atoms with Gasteiger partial charge in [-0.3, -0.25) is 0 Å². The molecule has 0 aliphatic carbocycles. The van der Waals surface area contributed by atoms with E-state index in [0.29, 0.717) is 11.8 Å². The van der Waals surface area contributed by atoms with Gasteiger partial charge in [-0.25, -0.2) is 0 Å². The molecule has 0 spiro atoms. The highest BCUT2D eigenvalue weighted by Crippen LogP contribution is 2.32. The normalized spacial score (nSPS) is 11.6. The lowest BCUT2D eigenvalue weighted by atomic mass is 10.0. The molecule has 1 rings (SSSR count).